The van der Waals surface area contributed by atoms with E-state index < -0.39 is 5.91 Å². The minimum absolute atomic E-state index is 0.00536. The first-order valence-electron chi connectivity index (χ1n) is 10.5. The zero-order valence-corrected chi connectivity index (χ0v) is 17.7. The molecule has 1 heterocycles. The van der Waals surface area contributed by atoms with E-state index in [1.807, 2.05) is 43.3 Å². The SMILES string of the molecule is CCC(N)CNc1nc(-c2cc(-c3ccccc3C(N)=O)ccc2O)nc2ccccc12. The highest BCUT2D eigenvalue weighted by atomic mass is 16.3. The van der Waals surface area contributed by atoms with Crippen molar-refractivity contribution in [1.29, 1.82) is 0 Å². The number of aromatic hydroxyl groups is 1. The number of rotatable bonds is 7. The predicted molar refractivity (Wildman–Crippen MR) is 127 cm³/mol. The highest BCUT2D eigenvalue weighted by molar-refractivity contribution is 6.00. The van der Waals surface area contributed by atoms with Crippen molar-refractivity contribution in [2.24, 2.45) is 11.5 Å². The van der Waals surface area contributed by atoms with Gasteiger partial charge in [0, 0.05) is 23.5 Å². The molecule has 4 rings (SSSR count). The maximum atomic E-state index is 11.9. The van der Waals surface area contributed by atoms with Crippen LogP contribution in [-0.4, -0.2) is 33.6 Å². The molecule has 0 aliphatic rings. The summed E-state index contributed by atoms with van der Waals surface area (Å²) >= 11 is 0. The lowest BCUT2D eigenvalue weighted by Crippen LogP contribution is -2.28. The lowest BCUT2D eigenvalue weighted by Gasteiger charge is -2.15. The summed E-state index contributed by atoms with van der Waals surface area (Å²) in [5.74, 6) is 0.539. The normalized spacial score (nSPS) is 11.9. The third-order valence-electron chi connectivity index (χ3n) is 5.40. The van der Waals surface area contributed by atoms with Gasteiger partial charge in [-0.05, 0) is 47.9 Å². The lowest BCUT2D eigenvalue weighted by molar-refractivity contribution is 0.100. The van der Waals surface area contributed by atoms with Gasteiger partial charge in [0.25, 0.3) is 0 Å². The van der Waals surface area contributed by atoms with Crippen molar-refractivity contribution in [2.45, 2.75) is 19.4 Å². The summed E-state index contributed by atoms with van der Waals surface area (Å²) in [6.07, 6.45) is 0.838. The largest absolute Gasteiger partial charge is 0.507 e. The average molecular weight is 428 g/mol. The molecule has 7 heteroatoms. The Morgan fingerprint density at radius 3 is 2.56 bits per heavy atom. The van der Waals surface area contributed by atoms with Crippen LogP contribution in [-0.2, 0) is 0 Å². The summed E-state index contributed by atoms with van der Waals surface area (Å²) in [4.78, 5) is 21.3. The second-order valence-corrected chi connectivity index (χ2v) is 7.60. The van der Waals surface area contributed by atoms with Gasteiger partial charge >= 0.3 is 0 Å². The first-order valence-corrected chi connectivity index (χ1v) is 10.5. The van der Waals surface area contributed by atoms with Crippen LogP contribution < -0.4 is 16.8 Å². The summed E-state index contributed by atoms with van der Waals surface area (Å²) in [6, 6.07) is 19.8. The highest BCUT2D eigenvalue weighted by Crippen LogP contribution is 2.35. The number of hydrogen-bond acceptors (Lipinski definition) is 6. The molecule has 0 aliphatic heterocycles. The fourth-order valence-corrected chi connectivity index (χ4v) is 3.54. The summed E-state index contributed by atoms with van der Waals surface area (Å²) in [5, 5.41) is 14.8. The molecule has 32 heavy (non-hydrogen) atoms. The van der Waals surface area contributed by atoms with Gasteiger partial charge in [-0.15, -0.1) is 0 Å². The van der Waals surface area contributed by atoms with Crippen LogP contribution in [0.5, 0.6) is 5.75 Å². The summed E-state index contributed by atoms with van der Waals surface area (Å²) < 4.78 is 0. The summed E-state index contributed by atoms with van der Waals surface area (Å²) in [7, 11) is 0. The van der Waals surface area contributed by atoms with Gasteiger partial charge < -0.3 is 21.9 Å². The minimum atomic E-state index is -0.518. The molecule has 0 bridgehead atoms. The number of nitrogens with zero attached hydrogens (tertiary/aromatic N) is 2. The average Bonchev–Trinajstić information content (AvgIpc) is 2.82. The molecule has 0 saturated carbocycles. The standard InChI is InChI=1S/C25H25N5O2/c1-2-16(26)14-28-24-19-9-5-6-10-21(19)29-25(30-24)20-13-15(11-12-22(20)31)17-7-3-4-8-18(17)23(27)32/h3-13,16,31H,2,14,26H2,1H3,(H2,27,32)(H,28,29,30). The molecule has 0 fully saturated rings. The van der Waals surface area contributed by atoms with Gasteiger partial charge in [-0.3, -0.25) is 4.79 Å². The molecule has 0 radical (unpaired) electrons. The molecule has 1 unspecified atom stereocenters. The van der Waals surface area contributed by atoms with Gasteiger partial charge in [0.2, 0.25) is 5.91 Å². The van der Waals surface area contributed by atoms with E-state index in [0.717, 1.165) is 22.9 Å². The van der Waals surface area contributed by atoms with Crippen molar-refractivity contribution in [3.05, 3.63) is 72.3 Å². The number of carbonyl (C=O) groups is 1. The second kappa shape index (κ2) is 9.03. The molecule has 7 nitrogen and oxygen atoms in total. The molecular formula is C25H25N5O2. The Hall–Kier alpha value is -3.97. The Kier molecular flexibility index (Phi) is 6.00. The van der Waals surface area contributed by atoms with Crippen molar-refractivity contribution < 1.29 is 9.90 Å². The molecule has 3 aromatic carbocycles. The van der Waals surface area contributed by atoms with E-state index in [2.05, 4.69) is 10.3 Å². The molecule has 162 valence electrons. The van der Waals surface area contributed by atoms with Crippen LogP contribution >= 0.6 is 0 Å². The number of hydrogen-bond donors (Lipinski definition) is 4. The third-order valence-corrected chi connectivity index (χ3v) is 5.40. The van der Waals surface area contributed by atoms with Crippen LogP contribution in [0.4, 0.5) is 5.82 Å². The van der Waals surface area contributed by atoms with E-state index in [-0.39, 0.29) is 11.8 Å². The van der Waals surface area contributed by atoms with E-state index in [1.54, 1.807) is 30.3 Å². The number of primary amides is 1. The highest BCUT2D eigenvalue weighted by Gasteiger charge is 2.16. The number of fused-ring (bicyclic) bond motifs is 1. The molecule has 4 aromatic rings. The predicted octanol–water partition coefficient (Wildman–Crippen LogP) is 3.92. The van der Waals surface area contributed by atoms with Gasteiger partial charge in [-0.2, -0.15) is 0 Å². The third kappa shape index (κ3) is 4.24. The number of para-hydroxylation sites is 1. The Morgan fingerprint density at radius 1 is 1.03 bits per heavy atom. The summed E-state index contributed by atoms with van der Waals surface area (Å²) in [6.45, 7) is 2.60. The Bertz CT molecular complexity index is 1290. The number of phenols is 1. The molecule has 0 saturated heterocycles. The number of amides is 1. The first kappa shape index (κ1) is 21.3. The van der Waals surface area contributed by atoms with Gasteiger partial charge in [0.15, 0.2) is 5.82 Å². The number of aromatic nitrogens is 2. The van der Waals surface area contributed by atoms with E-state index in [1.165, 1.54) is 0 Å². The molecule has 0 spiro atoms. The lowest BCUT2D eigenvalue weighted by atomic mass is 9.97. The van der Waals surface area contributed by atoms with Crippen molar-refractivity contribution in [2.75, 3.05) is 11.9 Å². The number of anilines is 1. The Morgan fingerprint density at radius 2 is 1.78 bits per heavy atom. The van der Waals surface area contributed by atoms with Crippen LogP contribution in [0.25, 0.3) is 33.4 Å². The smallest absolute Gasteiger partial charge is 0.249 e. The van der Waals surface area contributed by atoms with Crippen molar-refractivity contribution in [3.8, 4) is 28.3 Å². The number of nitrogens with two attached hydrogens (primary N) is 2. The van der Waals surface area contributed by atoms with Crippen molar-refractivity contribution >= 4 is 22.6 Å². The topological polar surface area (TPSA) is 127 Å². The number of nitrogens with one attached hydrogen (secondary N) is 1. The van der Waals surface area contributed by atoms with Crippen LogP contribution in [0.15, 0.2) is 66.7 Å². The maximum Gasteiger partial charge on any atom is 0.249 e. The van der Waals surface area contributed by atoms with Gasteiger partial charge in [-0.1, -0.05) is 43.3 Å². The van der Waals surface area contributed by atoms with Crippen LogP contribution in [0.3, 0.4) is 0 Å². The van der Waals surface area contributed by atoms with Gasteiger partial charge in [-0.25, -0.2) is 9.97 Å². The minimum Gasteiger partial charge on any atom is -0.507 e. The van der Waals surface area contributed by atoms with E-state index >= 15 is 0 Å². The zero-order valence-electron chi connectivity index (χ0n) is 17.7. The molecule has 0 aliphatic carbocycles. The fourth-order valence-electron chi connectivity index (χ4n) is 3.54. The Balaban J connectivity index is 1.84. The number of benzene rings is 3. The molecule has 1 atom stereocenters. The quantitative estimate of drug-likeness (QED) is 0.354. The monoisotopic (exact) mass is 427 g/mol. The maximum absolute atomic E-state index is 11.9. The molecule has 1 amide bonds. The van der Waals surface area contributed by atoms with E-state index in [0.29, 0.717) is 34.9 Å². The number of phenolic OH excluding ortho intramolecular Hbond substituents is 1. The van der Waals surface area contributed by atoms with Crippen LogP contribution in [0.2, 0.25) is 0 Å². The summed E-state index contributed by atoms with van der Waals surface area (Å²) in [5.41, 5.74) is 14.6. The molecule has 1 aromatic heterocycles. The Labute approximate surface area is 186 Å². The van der Waals surface area contributed by atoms with E-state index in [4.69, 9.17) is 16.5 Å². The van der Waals surface area contributed by atoms with E-state index in [9.17, 15) is 9.90 Å². The van der Waals surface area contributed by atoms with Gasteiger partial charge in [0.05, 0.1) is 11.1 Å². The zero-order chi connectivity index (χ0) is 22.7. The second-order valence-electron chi connectivity index (χ2n) is 7.60. The first-order chi connectivity index (χ1) is 15.5. The van der Waals surface area contributed by atoms with Crippen molar-refractivity contribution in [3.63, 3.8) is 0 Å². The van der Waals surface area contributed by atoms with Crippen LogP contribution in [0, 0.1) is 0 Å². The van der Waals surface area contributed by atoms with Crippen LogP contribution in [0.1, 0.15) is 23.7 Å². The molecular weight excluding hydrogens is 402 g/mol. The number of carbonyl (C=O) groups excluding carboxylic acids is 1. The van der Waals surface area contributed by atoms with Gasteiger partial charge in [0.1, 0.15) is 11.6 Å². The fraction of sp³-hybridized carbons (Fsp3) is 0.160. The molecule has 6 N–H and O–H groups in total. The van der Waals surface area contributed by atoms with Crippen molar-refractivity contribution in [1.82, 2.24) is 9.97 Å².